The summed E-state index contributed by atoms with van der Waals surface area (Å²) < 4.78 is 14.6. The number of nitrogen functional groups attached to an aromatic ring is 1. The van der Waals surface area contributed by atoms with E-state index in [0.717, 1.165) is 5.56 Å². The Bertz CT molecular complexity index is 1220. The van der Waals surface area contributed by atoms with Crippen LogP contribution in [0.3, 0.4) is 0 Å². The second-order valence-corrected chi connectivity index (χ2v) is 8.91. The highest BCUT2D eigenvalue weighted by atomic mass is 16.5. The number of aliphatic hydroxyl groups is 1. The number of fused-ring (bicyclic) bond motifs is 1. The number of anilines is 1. The van der Waals surface area contributed by atoms with Crippen LogP contribution in [-0.4, -0.2) is 69.3 Å². The topological polar surface area (TPSA) is 149 Å². The van der Waals surface area contributed by atoms with Gasteiger partial charge in [-0.3, -0.25) is 19.6 Å². The zero-order valence-electron chi connectivity index (χ0n) is 20.6. The molecule has 12 nitrogen and oxygen atoms in total. The first kappa shape index (κ1) is 25.3. The number of esters is 1. The van der Waals surface area contributed by atoms with Crippen molar-refractivity contribution in [2.75, 3.05) is 31.3 Å². The lowest BCUT2D eigenvalue weighted by atomic mass is 10.0. The van der Waals surface area contributed by atoms with Crippen molar-refractivity contribution in [1.82, 2.24) is 19.4 Å². The molecule has 12 heteroatoms. The molecular weight excluding hydrogens is 466 g/mol. The highest BCUT2D eigenvalue weighted by Crippen LogP contribution is 2.36. The molecule has 0 radical (unpaired) electrons. The van der Waals surface area contributed by atoms with E-state index in [0.29, 0.717) is 48.5 Å². The average molecular weight is 499 g/mol. The fourth-order valence-corrected chi connectivity index (χ4v) is 4.20. The van der Waals surface area contributed by atoms with E-state index in [2.05, 4.69) is 15.4 Å². The summed E-state index contributed by atoms with van der Waals surface area (Å²) in [6.07, 6.45) is 3.17. The molecule has 1 saturated heterocycles. The van der Waals surface area contributed by atoms with Gasteiger partial charge in [0, 0.05) is 32.5 Å². The van der Waals surface area contributed by atoms with E-state index in [9.17, 15) is 14.7 Å². The van der Waals surface area contributed by atoms with Gasteiger partial charge in [-0.05, 0) is 24.1 Å². The number of carbonyl (C=O) groups is 2. The summed E-state index contributed by atoms with van der Waals surface area (Å²) in [7, 11) is 1.64. The van der Waals surface area contributed by atoms with E-state index < -0.39 is 18.4 Å². The maximum atomic E-state index is 11.4. The van der Waals surface area contributed by atoms with Gasteiger partial charge in [-0.1, -0.05) is 31.0 Å². The van der Waals surface area contributed by atoms with Gasteiger partial charge in [0.15, 0.2) is 5.52 Å². The number of hydrogen-bond acceptors (Lipinski definition) is 9. The molecule has 1 unspecified atom stereocenters. The molecule has 4 rings (SSSR count). The molecule has 4 N–H and O–H groups in total. The van der Waals surface area contributed by atoms with Crippen LogP contribution in [0.25, 0.3) is 11.2 Å². The van der Waals surface area contributed by atoms with Gasteiger partial charge in [0.1, 0.15) is 24.4 Å². The average Bonchev–Trinajstić information content (AvgIpc) is 3.43. The molecule has 2 aromatic heterocycles. The molecule has 4 atom stereocenters. The first-order valence-electron chi connectivity index (χ1n) is 11.9. The van der Waals surface area contributed by atoms with E-state index in [1.54, 1.807) is 48.0 Å². The number of aliphatic hydroxyl groups excluding tert-OH is 1. The van der Waals surface area contributed by atoms with E-state index in [1.165, 1.54) is 4.90 Å². The smallest absolute Gasteiger partial charge is 0.310 e. The minimum atomic E-state index is -0.740. The summed E-state index contributed by atoms with van der Waals surface area (Å²) in [5.74, 6) is 0.413. The largest absolute Gasteiger partial charge is 0.427 e. The number of ether oxygens (including phenoxy) is 2. The van der Waals surface area contributed by atoms with E-state index in [-0.39, 0.29) is 18.4 Å². The molecule has 1 fully saturated rings. The van der Waals surface area contributed by atoms with Crippen LogP contribution in [-0.2, 0) is 20.7 Å². The summed E-state index contributed by atoms with van der Waals surface area (Å²) in [5, 5.41) is 10.6. The zero-order valence-corrected chi connectivity index (χ0v) is 20.6. The van der Waals surface area contributed by atoms with E-state index in [1.807, 2.05) is 19.1 Å². The standard InChI is InChI=1S/C24H31N7O5/c1-4-19(33)35-17-7-5-16(6-8-17)9-10-28-31-13-27-23-20(22(31)25)26-12-30(23)24-15(2)21(34)18(36-24)11-29(3)14-32/h5-8,12-15,18,21,24-25,28,34H,4,9-11H2,1-3H3/p+1/t15?,18-,21+,24-/m1/s1. The Morgan fingerprint density at radius 1 is 1.36 bits per heavy atom. The number of amides is 1. The predicted molar refractivity (Wildman–Crippen MR) is 130 cm³/mol. The van der Waals surface area contributed by atoms with Gasteiger partial charge in [0.05, 0.1) is 6.10 Å². The molecule has 1 amide bonds. The van der Waals surface area contributed by atoms with Crippen molar-refractivity contribution in [3.05, 3.63) is 42.5 Å². The Kier molecular flexibility index (Phi) is 7.65. The SMILES string of the molecule is CCC(=O)Oc1ccc(CCN[n+]2cnc3c(ncn3[C@@H]3O[C@H](CN(C)C=O)[C@@H](O)C3C)c2N)cc1. The number of hydrogen-bond donors (Lipinski definition) is 3. The highest BCUT2D eigenvalue weighted by molar-refractivity contribution is 5.79. The van der Waals surface area contributed by atoms with Crippen molar-refractivity contribution in [3.8, 4) is 5.75 Å². The summed E-state index contributed by atoms with van der Waals surface area (Å²) in [6, 6.07) is 7.37. The van der Waals surface area contributed by atoms with Gasteiger partial charge >= 0.3 is 5.97 Å². The first-order chi connectivity index (χ1) is 17.3. The molecule has 1 aliphatic rings. The van der Waals surface area contributed by atoms with Gasteiger partial charge in [-0.25, -0.2) is 4.98 Å². The summed E-state index contributed by atoms with van der Waals surface area (Å²) in [6.45, 7) is 4.50. The molecule has 192 valence electrons. The minimum Gasteiger partial charge on any atom is -0.427 e. The molecule has 36 heavy (non-hydrogen) atoms. The number of nitrogens with two attached hydrogens (primary N) is 1. The summed E-state index contributed by atoms with van der Waals surface area (Å²) in [4.78, 5) is 32.8. The Balaban J connectivity index is 1.41. The van der Waals surface area contributed by atoms with Crippen molar-refractivity contribution >= 4 is 29.4 Å². The van der Waals surface area contributed by atoms with Gasteiger partial charge in [-0.15, -0.1) is 4.68 Å². The number of carbonyl (C=O) groups excluding carboxylic acids is 2. The van der Waals surface area contributed by atoms with Gasteiger partial charge < -0.3 is 25.2 Å². The number of nitrogens with zero attached hydrogens (tertiary/aromatic N) is 5. The fourth-order valence-electron chi connectivity index (χ4n) is 4.20. The molecule has 0 aliphatic carbocycles. The molecule has 3 aromatic rings. The molecular formula is C24H32N7O5+. The van der Waals surface area contributed by atoms with Crippen LogP contribution in [0.1, 0.15) is 32.1 Å². The van der Waals surface area contributed by atoms with Crippen LogP contribution in [0.15, 0.2) is 36.9 Å². The quantitative estimate of drug-likeness (QED) is 0.156. The van der Waals surface area contributed by atoms with Crippen LogP contribution in [0.4, 0.5) is 5.82 Å². The minimum absolute atomic E-state index is 0.238. The van der Waals surface area contributed by atoms with E-state index >= 15 is 0 Å². The third-order valence-corrected chi connectivity index (χ3v) is 6.31. The van der Waals surface area contributed by atoms with Crippen LogP contribution >= 0.6 is 0 Å². The van der Waals surface area contributed by atoms with Crippen molar-refractivity contribution in [2.24, 2.45) is 5.92 Å². The Morgan fingerprint density at radius 2 is 2.11 bits per heavy atom. The Morgan fingerprint density at radius 3 is 2.81 bits per heavy atom. The predicted octanol–water partition coefficient (Wildman–Crippen LogP) is 0.385. The van der Waals surface area contributed by atoms with Crippen LogP contribution in [0.5, 0.6) is 5.75 Å². The lowest BCUT2D eigenvalue weighted by Gasteiger charge is -2.19. The maximum absolute atomic E-state index is 11.4. The number of likely N-dealkylation sites (N-methyl/N-ethyl adjacent to an activating group) is 1. The van der Waals surface area contributed by atoms with Crippen molar-refractivity contribution < 1.29 is 28.8 Å². The van der Waals surface area contributed by atoms with Gasteiger partial charge in [-0.2, -0.15) is 0 Å². The third-order valence-electron chi connectivity index (χ3n) is 6.31. The summed E-state index contributed by atoms with van der Waals surface area (Å²) >= 11 is 0. The van der Waals surface area contributed by atoms with Crippen LogP contribution < -0.4 is 20.6 Å². The first-order valence-corrected chi connectivity index (χ1v) is 11.9. The molecule has 0 bridgehead atoms. The second kappa shape index (κ2) is 10.9. The van der Waals surface area contributed by atoms with E-state index in [4.69, 9.17) is 15.2 Å². The Labute approximate surface area is 208 Å². The molecule has 0 saturated carbocycles. The normalized spacial score (nSPS) is 21.4. The van der Waals surface area contributed by atoms with Crippen molar-refractivity contribution in [3.63, 3.8) is 0 Å². The molecule has 1 aliphatic heterocycles. The number of rotatable bonds is 10. The molecule has 1 aromatic carbocycles. The third kappa shape index (κ3) is 5.24. The molecule has 3 heterocycles. The maximum Gasteiger partial charge on any atom is 0.310 e. The Hall–Kier alpha value is -3.77. The van der Waals surface area contributed by atoms with Crippen molar-refractivity contribution in [1.29, 1.82) is 0 Å². The second-order valence-electron chi connectivity index (χ2n) is 8.91. The van der Waals surface area contributed by atoms with Gasteiger partial charge in [0.2, 0.25) is 18.4 Å². The number of nitrogens with one attached hydrogen (secondary N) is 1. The molecule has 0 spiro atoms. The zero-order chi connectivity index (χ0) is 25.8. The van der Waals surface area contributed by atoms with Crippen molar-refractivity contribution in [2.45, 2.75) is 45.1 Å². The number of imidazole rings is 1. The lowest BCUT2D eigenvalue weighted by molar-refractivity contribution is -0.637. The number of benzene rings is 1. The highest BCUT2D eigenvalue weighted by Gasteiger charge is 2.43. The number of aromatic nitrogens is 4. The van der Waals surface area contributed by atoms with Crippen LogP contribution in [0, 0.1) is 5.92 Å². The van der Waals surface area contributed by atoms with Gasteiger partial charge in [0.25, 0.3) is 5.82 Å². The lowest BCUT2D eigenvalue weighted by Crippen LogP contribution is -2.48. The monoisotopic (exact) mass is 498 g/mol. The van der Waals surface area contributed by atoms with Crippen LogP contribution in [0.2, 0.25) is 0 Å². The summed E-state index contributed by atoms with van der Waals surface area (Å²) in [5.41, 5.74) is 11.7. The fraction of sp³-hybridized carbons (Fsp3) is 0.458.